The summed E-state index contributed by atoms with van der Waals surface area (Å²) in [6.07, 6.45) is 3.01. The number of hydrogen-bond donors (Lipinski definition) is 1. The number of carbonyl (C=O) groups is 1. The smallest absolute Gasteiger partial charge is 0.266 e. The number of amides is 1. The largest absolute Gasteiger partial charge is 0.465 e. The Kier molecular flexibility index (Phi) is 4.09. The molecule has 2 rings (SSSR count). The molecule has 102 valence electrons. The normalized spacial score (nSPS) is 18.6. The standard InChI is InChI=1S/C10H9NO5S3/c12-9-8(6-7-2-1-4-16-7)18-10(17)11(9)3-5-19(13,14)15/h1-2,4,6H,3,5H2,(H,13,14,15)/b8-6-. The van der Waals surface area contributed by atoms with Gasteiger partial charge in [0.2, 0.25) is 0 Å². The van der Waals surface area contributed by atoms with E-state index >= 15 is 0 Å². The number of rotatable bonds is 4. The molecule has 1 aromatic rings. The number of thiocarbonyl (C=S) groups is 1. The number of hydrogen-bond acceptors (Lipinski definition) is 6. The minimum Gasteiger partial charge on any atom is -0.465 e. The van der Waals surface area contributed by atoms with Gasteiger partial charge in [-0.3, -0.25) is 14.2 Å². The molecule has 9 heteroatoms. The maximum atomic E-state index is 12.0. The molecular formula is C10H9NO5S3. The third kappa shape index (κ3) is 3.66. The SMILES string of the molecule is O=C1/C(=C/c2ccco2)SC(=S)N1CCS(=O)(=O)O. The molecule has 1 aliphatic heterocycles. The lowest BCUT2D eigenvalue weighted by atomic mass is 10.3. The van der Waals surface area contributed by atoms with Crippen LogP contribution in [0.3, 0.4) is 0 Å². The Hall–Kier alpha value is -1.16. The molecule has 0 aromatic carbocycles. The molecule has 1 saturated heterocycles. The van der Waals surface area contributed by atoms with Crippen LogP contribution in [0, 0.1) is 0 Å². The second kappa shape index (κ2) is 5.45. The highest BCUT2D eigenvalue weighted by Crippen LogP contribution is 2.32. The van der Waals surface area contributed by atoms with Crippen molar-refractivity contribution in [2.45, 2.75) is 0 Å². The first-order chi connectivity index (χ1) is 8.87. The molecule has 0 bridgehead atoms. The zero-order valence-corrected chi connectivity index (χ0v) is 11.9. The Balaban J connectivity index is 2.13. The van der Waals surface area contributed by atoms with E-state index in [1.807, 2.05) is 0 Å². The summed E-state index contributed by atoms with van der Waals surface area (Å²) in [6, 6.07) is 3.37. The summed E-state index contributed by atoms with van der Waals surface area (Å²) < 4.78 is 35.4. The minimum atomic E-state index is -4.13. The fourth-order valence-electron chi connectivity index (χ4n) is 1.40. The third-order valence-corrected chi connectivity index (χ3v) is 4.34. The van der Waals surface area contributed by atoms with Crippen molar-refractivity contribution < 1.29 is 22.2 Å². The van der Waals surface area contributed by atoms with Crippen molar-refractivity contribution in [2.24, 2.45) is 0 Å². The number of carbonyl (C=O) groups excluding carboxylic acids is 1. The van der Waals surface area contributed by atoms with Crippen LogP contribution in [0.2, 0.25) is 0 Å². The third-order valence-electron chi connectivity index (χ3n) is 2.26. The zero-order chi connectivity index (χ0) is 14.0. The summed E-state index contributed by atoms with van der Waals surface area (Å²) in [5.41, 5.74) is 0. The molecule has 1 fully saturated rings. The summed E-state index contributed by atoms with van der Waals surface area (Å²) in [5, 5.41) is 0. The lowest BCUT2D eigenvalue weighted by molar-refractivity contribution is -0.121. The molecule has 6 nitrogen and oxygen atoms in total. The number of furan rings is 1. The summed E-state index contributed by atoms with van der Waals surface area (Å²) >= 11 is 6.06. The molecule has 0 atom stereocenters. The van der Waals surface area contributed by atoms with Crippen molar-refractivity contribution in [3.8, 4) is 0 Å². The number of nitrogens with zero attached hydrogens (tertiary/aromatic N) is 1. The highest BCUT2D eigenvalue weighted by Gasteiger charge is 2.32. The van der Waals surface area contributed by atoms with Crippen LogP contribution in [0.25, 0.3) is 6.08 Å². The Morgan fingerprint density at radius 3 is 2.84 bits per heavy atom. The quantitative estimate of drug-likeness (QED) is 0.509. The molecule has 0 aliphatic carbocycles. The lowest BCUT2D eigenvalue weighted by Crippen LogP contribution is -2.32. The minimum absolute atomic E-state index is 0.168. The van der Waals surface area contributed by atoms with E-state index in [9.17, 15) is 13.2 Å². The van der Waals surface area contributed by atoms with Crippen LogP contribution < -0.4 is 0 Å². The van der Waals surface area contributed by atoms with Crippen LogP contribution in [0.5, 0.6) is 0 Å². The first-order valence-corrected chi connectivity index (χ1v) is 7.94. The second-order valence-corrected chi connectivity index (χ2v) is 6.88. The van der Waals surface area contributed by atoms with Gasteiger partial charge in [-0.15, -0.1) is 0 Å². The van der Waals surface area contributed by atoms with E-state index < -0.39 is 21.8 Å². The molecule has 19 heavy (non-hydrogen) atoms. The van der Waals surface area contributed by atoms with Crippen molar-refractivity contribution in [1.29, 1.82) is 0 Å². The van der Waals surface area contributed by atoms with Gasteiger partial charge in [-0.2, -0.15) is 8.42 Å². The molecule has 1 amide bonds. The maximum absolute atomic E-state index is 12.0. The van der Waals surface area contributed by atoms with Gasteiger partial charge in [-0.25, -0.2) is 0 Å². The predicted molar refractivity (Wildman–Crippen MR) is 75.0 cm³/mol. The molecular weight excluding hydrogens is 310 g/mol. The summed E-state index contributed by atoms with van der Waals surface area (Å²) in [4.78, 5) is 13.5. The fraction of sp³-hybridized carbons (Fsp3) is 0.200. The Morgan fingerprint density at radius 1 is 1.53 bits per heavy atom. The van der Waals surface area contributed by atoms with Gasteiger partial charge in [0.1, 0.15) is 10.1 Å². The molecule has 0 radical (unpaired) electrons. The van der Waals surface area contributed by atoms with Crippen LogP contribution in [0.4, 0.5) is 0 Å². The average molecular weight is 319 g/mol. The zero-order valence-electron chi connectivity index (χ0n) is 9.48. The monoisotopic (exact) mass is 319 g/mol. The molecule has 0 spiro atoms. The van der Waals surface area contributed by atoms with E-state index in [-0.39, 0.29) is 10.9 Å². The molecule has 0 unspecified atom stereocenters. The van der Waals surface area contributed by atoms with Crippen molar-refractivity contribution in [3.05, 3.63) is 29.1 Å². The predicted octanol–water partition coefficient (Wildman–Crippen LogP) is 1.37. The van der Waals surface area contributed by atoms with Gasteiger partial charge in [0, 0.05) is 12.6 Å². The molecule has 2 heterocycles. The maximum Gasteiger partial charge on any atom is 0.266 e. The Labute approximate surface area is 119 Å². The van der Waals surface area contributed by atoms with Gasteiger partial charge in [0.25, 0.3) is 16.0 Å². The highest BCUT2D eigenvalue weighted by molar-refractivity contribution is 8.26. The van der Waals surface area contributed by atoms with Gasteiger partial charge < -0.3 is 4.42 Å². The van der Waals surface area contributed by atoms with Gasteiger partial charge in [0.15, 0.2) is 0 Å². The first-order valence-electron chi connectivity index (χ1n) is 5.11. The van der Waals surface area contributed by atoms with Crippen LogP contribution in [0.15, 0.2) is 27.7 Å². The van der Waals surface area contributed by atoms with Crippen molar-refractivity contribution >= 4 is 50.4 Å². The average Bonchev–Trinajstić information content (AvgIpc) is 2.87. The van der Waals surface area contributed by atoms with Crippen LogP contribution in [-0.2, 0) is 14.9 Å². The first kappa shape index (κ1) is 14.3. The summed E-state index contributed by atoms with van der Waals surface area (Å²) in [5.74, 6) is -0.432. The lowest BCUT2D eigenvalue weighted by Gasteiger charge is -2.12. The van der Waals surface area contributed by atoms with Crippen molar-refractivity contribution in [2.75, 3.05) is 12.3 Å². The topological polar surface area (TPSA) is 87.8 Å². The van der Waals surface area contributed by atoms with E-state index in [1.165, 1.54) is 12.3 Å². The Bertz CT molecular complexity index is 632. The van der Waals surface area contributed by atoms with Crippen molar-refractivity contribution in [1.82, 2.24) is 4.90 Å². The van der Waals surface area contributed by atoms with Crippen LogP contribution in [-0.4, -0.2) is 40.4 Å². The van der Waals surface area contributed by atoms with Crippen molar-refractivity contribution in [3.63, 3.8) is 0 Å². The summed E-state index contributed by atoms with van der Waals surface area (Å²) in [7, 11) is -4.13. The van der Waals surface area contributed by atoms with Crippen LogP contribution >= 0.6 is 24.0 Å². The van der Waals surface area contributed by atoms with Crippen LogP contribution in [0.1, 0.15) is 5.76 Å². The van der Waals surface area contributed by atoms with Gasteiger partial charge >= 0.3 is 0 Å². The van der Waals surface area contributed by atoms with E-state index in [4.69, 9.17) is 21.2 Å². The van der Waals surface area contributed by atoms with E-state index in [2.05, 4.69) is 0 Å². The van der Waals surface area contributed by atoms with Gasteiger partial charge in [-0.05, 0) is 12.1 Å². The van der Waals surface area contributed by atoms with E-state index in [0.717, 1.165) is 16.7 Å². The fourth-order valence-corrected chi connectivity index (χ4v) is 3.10. The highest BCUT2D eigenvalue weighted by atomic mass is 32.2. The number of thioether (sulfide) groups is 1. The van der Waals surface area contributed by atoms with E-state index in [0.29, 0.717) is 10.7 Å². The molecule has 1 N–H and O–H groups in total. The molecule has 0 saturated carbocycles. The second-order valence-electron chi connectivity index (χ2n) is 3.63. The summed E-state index contributed by atoms with van der Waals surface area (Å²) in [6.45, 7) is -0.168. The molecule has 1 aromatic heterocycles. The Morgan fingerprint density at radius 2 is 2.26 bits per heavy atom. The van der Waals surface area contributed by atoms with Gasteiger partial charge in [-0.1, -0.05) is 24.0 Å². The van der Waals surface area contributed by atoms with Gasteiger partial charge in [0.05, 0.1) is 16.9 Å². The van der Waals surface area contributed by atoms with E-state index in [1.54, 1.807) is 12.1 Å². The molecule has 1 aliphatic rings.